The summed E-state index contributed by atoms with van der Waals surface area (Å²) in [5, 5.41) is 6.51. The van der Waals surface area contributed by atoms with Crippen molar-refractivity contribution in [1.82, 2.24) is 4.98 Å². The third-order valence-electron chi connectivity index (χ3n) is 5.08. The number of carbonyl (C=O) groups excluding carboxylic acids is 1. The molecule has 0 amide bonds. The number of carbonyl (C=O) groups is 1. The molecule has 6 heteroatoms. The van der Waals surface area contributed by atoms with Crippen molar-refractivity contribution in [2.24, 2.45) is 4.99 Å². The third kappa shape index (κ3) is 4.68. The van der Waals surface area contributed by atoms with E-state index in [9.17, 15) is 4.79 Å². The summed E-state index contributed by atoms with van der Waals surface area (Å²) >= 11 is 0. The SMILES string of the molecule is CCCNc1cc2oc3cc(=NCCCC(=O)OCC)ccc-3nc2c2ccccc12. The Balaban J connectivity index is 1.69. The molecule has 0 fully saturated rings. The quantitative estimate of drug-likeness (QED) is 0.186. The van der Waals surface area contributed by atoms with E-state index < -0.39 is 0 Å². The van der Waals surface area contributed by atoms with Crippen LogP contribution in [0.15, 0.2) is 57.9 Å². The molecule has 0 atom stereocenters. The van der Waals surface area contributed by atoms with Gasteiger partial charge in [0.15, 0.2) is 11.3 Å². The molecule has 1 aliphatic heterocycles. The topological polar surface area (TPSA) is 76.7 Å². The summed E-state index contributed by atoms with van der Waals surface area (Å²) in [5.74, 6) is 0.512. The fourth-order valence-corrected chi connectivity index (χ4v) is 3.61. The first-order valence-electron chi connectivity index (χ1n) is 10.9. The van der Waals surface area contributed by atoms with Crippen molar-refractivity contribution in [3.8, 4) is 11.5 Å². The molecule has 160 valence electrons. The smallest absolute Gasteiger partial charge is 0.305 e. The molecular weight excluding hydrogens is 390 g/mol. The molecule has 1 N–H and O–H groups in total. The maximum Gasteiger partial charge on any atom is 0.305 e. The zero-order valence-corrected chi connectivity index (χ0v) is 18.0. The average Bonchev–Trinajstić information content (AvgIpc) is 2.79. The first-order valence-corrected chi connectivity index (χ1v) is 10.9. The minimum atomic E-state index is -0.179. The lowest BCUT2D eigenvalue weighted by Gasteiger charge is -2.13. The predicted octanol–water partition coefficient (Wildman–Crippen LogP) is 5.15. The maximum absolute atomic E-state index is 11.4. The highest BCUT2D eigenvalue weighted by molar-refractivity contribution is 6.10. The first-order chi connectivity index (χ1) is 15.2. The second-order valence-corrected chi connectivity index (χ2v) is 7.40. The standard InChI is InChI=1S/C25H27N3O3/c1-3-13-27-21-16-23-25(19-9-6-5-8-18(19)21)28-20-12-11-17(15-22(20)31-23)26-14-7-10-24(29)30-4-2/h5-6,8-9,11-12,15-16,27H,3-4,7,10,13-14H2,1-2H3. The third-order valence-corrected chi connectivity index (χ3v) is 5.08. The zero-order chi connectivity index (χ0) is 21.6. The van der Waals surface area contributed by atoms with Crippen molar-refractivity contribution in [2.45, 2.75) is 33.1 Å². The van der Waals surface area contributed by atoms with E-state index in [2.05, 4.69) is 29.4 Å². The lowest BCUT2D eigenvalue weighted by Crippen LogP contribution is -2.07. The number of nitrogens with one attached hydrogen (secondary N) is 1. The average molecular weight is 418 g/mol. The van der Waals surface area contributed by atoms with Crippen LogP contribution in [0.4, 0.5) is 5.69 Å². The molecule has 0 saturated carbocycles. The fourth-order valence-electron chi connectivity index (χ4n) is 3.61. The highest BCUT2D eigenvalue weighted by Crippen LogP contribution is 2.33. The monoisotopic (exact) mass is 417 g/mol. The molecule has 0 spiro atoms. The van der Waals surface area contributed by atoms with E-state index in [-0.39, 0.29) is 5.97 Å². The molecule has 0 saturated heterocycles. The summed E-state index contributed by atoms with van der Waals surface area (Å²) in [6.07, 6.45) is 2.07. The second kappa shape index (κ2) is 9.60. The van der Waals surface area contributed by atoms with Gasteiger partial charge >= 0.3 is 5.97 Å². The maximum atomic E-state index is 11.4. The Labute approximate surface area is 181 Å². The van der Waals surface area contributed by atoms with Gasteiger partial charge in [0.1, 0.15) is 11.2 Å². The fraction of sp³-hybridized carbons (Fsp3) is 0.320. The summed E-state index contributed by atoms with van der Waals surface area (Å²) in [6.45, 7) is 5.82. The van der Waals surface area contributed by atoms with Crippen LogP contribution in [0.1, 0.15) is 33.1 Å². The van der Waals surface area contributed by atoms with Crippen LogP contribution in [0, 0.1) is 0 Å². The molecule has 2 aromatic carbocycles. The molecule has 0 bridgehead atoms. The van der Waals surface area contributed by atoms with E-state index in [1.807, 2.05) is 43.3 Å². The van der Waals surface area contributed by atoms with E-state index in [1.54, 1.807) is 0 Å². The van der Waals surface area contributed by atoms with Crippen molar-refractivity contribution >= 4 is 33.5 Å². The Morgan fingerprint density at radius 2 is 1.97 bits per heavy atom. The number of hydrogen-bond donors (Lipinski definition) is 1. The van der Waals surface area contributed by atoms with Gasteiger partial charge in [-0.25, -0.2) is 4.98 Å². The minimum Gasteiger partial charge on any atom is -0.466 e. The van der Waals surface area contributed by atoms with Gasteiger partial charge in [0, 0.05) is 48.1 Å². The van der Waals surface area contributed by atoms with Crippen LogP contribution < -0.4 is 10.7 Å². The van der Waals surface area contributed by atoms with Gasteiger partial charge in [0.2, 0.25) is 0 Å². The molecule has 1 aliphatic carbocycles. The van der Waals surface area contributed by atoms with Gasteiger partial charge < -0.3 is 14.5 Å². The molecule has 2 aromatic rings. The molecule has 31 heavy (non-hydrogen) atoms. The van der Waals surface area contributed by atoms with Crippen molar-refractivity contribution in [3.05, 3.63) is 53.9 Å². The van der Waals surface area contributed by atoms with Crippen molar-refractivity contribution < 1.29 is 13.9 Å². The van der Waals surface area contributed by atoms with E-state index in [4.69, 9.17) is 14.1 Å². The van der Waals surface area contributed by atoms with Crippen molar-refractivity contribution in [2.75, 3.05) is 25.0 Å². The molecule has 4 rings (SSSR count). The second-order valence-electron chi connectivity index (χ2n) is 7.40. The van der Waals surface area contributed by atoms with E-state index >= 15 is 0 Å². The molecule has 0 aromatic heterocycles. The van der Waals surface area contributed by atoms with E-state index in [0.29, 0.717) is 31.8 Å². The number of anilines is 1. The number of benzene rings is 3. The summed E-state index contributed by atoms with van der Waals surface area (Å²) in [7, 11) is 0. The van der Waals surface area contributed by atoms with Gasteiger partial charge in [-0.3, -0.25) is 9.79 Å². The number of hydrogen-bond acceptors (Lipinski definition) is 6. The van der Waals surface area contributed by atoms with Crippen LogP contribution in [0.25, 0.3) is 33.3 Å². The van der Waals surface area contributed by atoms with Crippen molar-refractivity contribution in [1.29, 1.82) is 0 Å². The van der Waals surface area contributed by atoms with Gasteiger partial charge in [0.05, 0.1) is 12.0 Å². The summed E-state index contributed by atoms with van der Waals surface area (Å²) in [4.78, 5) is 20.9. The predicted molar refractivity (Wildman–Crippen MR) is 123 cm³/mol. The summed E-state index contributed by atoms with van der Waals surface area (Å²) < 4.78 is 11.2. The van der Waals surface area contributed by atoms with Crippen LogP contribution in [0.5, 0.6) is 0 Å². The number of ether oxygens (including phenoxy) is 1. The Morgan fingerprint density at radius 1 is 1.13 bits per heavy atom. The number of nitrogens with zero attached hydrogens (tertiary/aromatic N) is 2. The van der Waals surface area contributed by atoms with Crippen molar-refractivity contribution in [3.63, 3.8) is 0 Å². The lowest BCUT2D eigenvalue weighted by atomic mass is 10.1. The number of rotatable bonds is 8. The highest BCUT2D eigenvalue weighted by atomic mass is 16.5. The van der Waals surface area contributed by atoms with Crippen LogP contribution in [0.3, 0.4) is 0 Å². The zero-order valence-electron chi connectivity index (χ0n) is 18.0. The van der Waals surface area contributed by atoms with E-state index in [1.165, 1.54) is 0 Å². The number of fused-ring (bicyclic) bond motifs is 4. The molecular formula is C25H27N3O3. The van der Waals surface area contributed by atoms with Gasteiger partial charge in [-0.15, -0.1) is 0 Å². The van der Waals surface area contributed by atoms with Gasteiger partial charge in [-0.1, -0.05) is 31.2 Å². The molecule has 2 aliphatic rings. The van der Waals surface area contributed by atoms with Gasteiger partial charge in [-0.05, 0) is 31.9 Å². The first kappa shape index (κ1) is 20.8. The number of esters is 1. The van der Waals surface area contributed by atoms with E-state index in [0.717, 1.165) is 51.6 Å². The minimum absolute atomic E-state index is 0.179. The summed E-state index contributed by atoms with van der Waals surface area (Å²) in [5.41, 5.74) is 3.43. The molecule has 6 nitrogen and oxygen atoms in total. The normalized spacial score (nSPS) is 12.0. The van der Waals surface area contributed by atoms with Crippen LogP contribution in [-0.2, 0) is 9.53 Å². The van der Waals surface area contributed by atoms with Crippen LogP contribution in [0.2, 0.25) is 0 Å². The largest absolute Gasteiger partial charge is 0.466 e. The highest BCUT2D eigenvalue weighted by Gasteiger charge is 2.13. The Morgan fingerprint density at radius 3 is 2.77 bits per heavy atom. The van der Waals surface area contributed by atoms with Gasteiger partial charge in [0.25, 0.3) is 0 Å². The Bertz CT molecular complexity index is 1250. The van der Waals surface area contributed by atoms with Crippen LogP contribution >= 0.6 is 0 Å². The lowest BCUT2D eigenvalue weighted by molar-refractivity contribution is -0.143. The molecule has 0 unspecified atom stereocenters. The number of aromatic nitrogens is 1. The van der Waals surface area contributed by atoms with Crippen LogP contribution in [-0.4, -0.2) is 30.6 Å². The Hall–Kier alpha value is -3.41. The summed E-state index contributed by atoms with van der Waals surface area (Å²) in [6, 6.07) is 16.0. The van der Waals surface area contributed by atoms with Gasteiger partial charge in [-0.2, -0.15) is 0 Å². The Kier molecular flexibility index (Phi) is 6.46. The molecule has 1 heterocycles. The molecule has 0 radical (unpaired) electrons.